The molecular formula is C17H28N4. The molecule has 3 atom stereocenters. The second-order valence-electron chi connectivity index (χ2n) is 7.41. The van der Waals surface area contributed by atoms with Crippen LogP contribution in [0.2, 0.25) is 0 Å². The smallest absolute Gasteiger partial charge is 0.0540 e. The molecule has 1 aliphatic carbocycles. The zero-order chi connectivity index (χ0) is 14.4. The Morgan fingerprint density at radius 3 is 2.71 bits per heavy atom. The molecule has 3 aliphatic rings. The molecule has 2 bridgehead atoms. The molecule has 3 heterocycles. The zero-order valence-corrected chi connectivity index (χ0v) is 13.4. The van der Waals surface area contributed by atoms with Crippen molar-refractivity contribution in [1.29, 1.82) is 0 Å². The van der Waals surface area contributed by atoms with Crippen molar-refractivity contribution in [1.82, 2.24) is 20.0 Å². The maximum atomic E-state index is 4.46. The Balaban J connectivity index is 1.38. The number of aryl methyl sites for hydroxylation is 1. The van der Waals surface area contributed by atoms with E-state index in [-0.39, 0.29) is 0 Å². The number of piperidine rings is 1. The van der Waals surface area contributed by atoms with E-state index in [0.29, 0.717) is 6.04 Å². The minimum absolute atomic E-state index is 0.541. The van der Waals surface area contributed by atoms with Gasteiger partial charge in [0, 0.05) is 36.4 Å². The van der Waals surface area contributed by atoms with Crippen molar-refractivity contribution in [2.24, 2.45) is 13.0 Å². The van der Waals surface area contributed by atoms with Crippen molar-refractivity contribution in [3.63, 3.8) is 0 Å². The minimum Gasteiger partial charge on any atom is -0.310 e. The lowest BCUT2D eigenvalue weighted by atomic mass is 9.89. The van der Waals surface area contributed by atoms with Crippen LogP contribution in [0.4, 0.5) is 0 Å². The van der Waals surface area contributed by atoms with E-state index in [1.165, 1.54) is 62.7 Å². The van der Waals surface area contributed by atoms with E-state index >= 15 is 0 Å². The summed E-state index contributed by atoms with van der Waals surface area (Å²) in [4.78, 5) is 2.64. The Labute approximate surface area is 127 Å². The minimum atomic E-state index is 0.541. The molecule has 4 nitrogen and oxygen atoms in total. The summed E-state index contributed by atoms with van der Waals surface area (Å²) < 4.78 is 2.07. The van der Waals surface area contributed by atoms with Crippen molar-refractivity contribution < 1.29 is 0 Å². The van der Waals surface area contributed by atoms with E-state index < -0.39 is 0 Å². The molecule has 116 valence electrons. The molecule has 0 spiro atoms. The second kappa shape index (κ2) is 5.40. The first kappa shape index (κ1) is 13.8. The Hall–Kier alpha value is -0.870. The summed E-state index contributed by atoms with van der Waals surface area (Å²) in [6, 6.07) is 2.26. The van der Waals surface area contributed by atoms with Gasteiger partial charge in [0.1, 0.15) is 0 Å². The molecule has 21 heavy (non-hydrogen) atoms. The van der Waals surface area contributed by atoms with Crippen LogP contribution in [0, 0.1) is 5.92 Å². The summed E-state index contributed by atoms with van der Waals surface area (Å²) >= 11 is 0. The number of hydrogen-bond acceptors (Lipinski definition) is 3. The normalized spacial score (nSPS) is 35.9. The van der Waals surface area contributed by atoms with Crippen LogP contribution in [-0.2, 0) is 13.5 Å². The summed E-state index contributed by atoms with van der Waals surface area (Å²) in [5, 5.41) is 8.33. The average molecular weight is 288 g/mol. The first-order valence-electron chi connectivity index (χ1n) is 8.68. The fourth-order valence-corrected chi connectivity index (χ4v) is 4.92. The molecule has 3 unspecified atom stereocenters. The fourth-order valence-electron chi connectivity index (χ4n) is 4.92. The number of hydrogen-bond donors (Lipinski definition) is 1. The Morgan fingerprint density at radius 1 is 1.19 bits per heavy atom. The predicted octanol–water partition coefficient (Wildman–Crippen LogP) is 2.26. The van der Waals surface area contributed by atoms with Gasteiger partial charge in [-0.15, -0.1) is 0 Å². The SMILES string of the molecule is CN1C2CCC1CC(CNC1CCCc3c1cnn3C)C2. The zero-order valence-electron chi connectivity index (χ0n) is 13.4. The number of rotatable bonds is 3. The highest BCUT2D eigenvalue weighted by Gasteiger charge is 2.38. The molecule has 4 rings (SSSR count). The number of aromatic nitrogens is 2. The van der Waals surface area contributed by atoms with E-state index in [9.17, 15) is 0 Å². The van der Waals surface area contributed by atoms with Crippen molar-refractivity contribution in [3.8, 4) is 0 Å². The Bertz CT molecular complexity index is 495. The maximum Gasteiger partial charge on any atom is 0.0540 e. The average Bonchev–Trinajstić information content (AvgIpc) is 2.94. The maximum absolute atomic E-state index is 4.46. The first-order valence-corrected chi connectivity index (χ1v) is 8.68. The molecule has 1 N–H and O–H groups in total. The van der Waals surface area contributed by atoms with Crippen LogP contribution in [0.3, 0.4) is 0 Å². The molecule has 2 saturated heterocycles. The molecule has 4 heteroatoms. The fraction of sp³-hybridized carbons (Fsp3) is 0.824. The molecule has 0 amide bonds. The summed E-state index contributed by atoms with van der Waals surface area (Å²) in [5.74, 6) is 0.876. The van der Waals surface area contributed by atoms with Gasteiger partial charge in [-0.25, -0.2) is 0 Å². The number of nitrogens with one attached hydrogen (secondary N) is 1. The molecule has 0 saturated carbocycles. The molecule has 2 fully saturated rings. The summed E-state index contributed by atoms with van der Waals surface area (Å²) in [5.41, 5.74) is 2.90. The molecule has 2 aliphatic heterocycles. The first-order chi connectivity index (χ1) is 10.2. The van der Waals surface area contributed by atoms with Crippen LogP contribution < -0.4 is 5.32 Å². The molecule has 1 aromatic heterocycles. The van der Waals surface area contributed by atoms with Crippen LogP contribution >= 0.6 is 0 Å². The highest BCUT2D eigenvalue weighted by molar-refractivity contribution is 5.24. The summed E-state index contributed by atoms with van der Waals surface area (Å²) in [7, 11) is 4.41. The summed E-state index contributed by atoms with van der Waals surface area (Å²) in [6.07, 6.45) is 11.5. The molecule has 0 radical (unpaired) electrons. The van der Waals surface area contributed by atoms with E-state index in [1.54, 1.807) is 0 Å². The van der Waals surface area contributed by atoms with Gasteiger partial charge >= 0.3 is 0 Å². The van der Waals surface area contributed by atoms with Gasteiger partial charge in [-0.05, 0) is 64.5 Å². The third-order valence-electron chi connectivity index (χ3n) is 6.22. The topological polar surface area (TPSA) is 33.1 Å². The Morgan fingerprint density at radius 2 is 1.95 bits per heavy atom. The number of nitrogens with zero attached hydrogens (tertiary/aromatic N) is 3. The Kier molecular flexibility index (Phi) is 3.54. The predicted molar refractivity (Wildman–Crippen MR) is 84.2 cm³/mol. The van der Waals surface area contributed by atoms with Gasteiger partial charge in [0.15, 0.2) is 0 Å². The third kappa shape index (κ3) is 2.42. The number of fused-ring (bicyclic) bond motifs is 3. The molecule has 1 aromatic rings. The van der Waals surface area contributed by atoms with Crippen LogP contribution in [0.5, 0.6) is 0 Å². The lowest BCUT2D eigenvalue weighted by Gasteiger charge is -2.37. The standard InChI is InChI=1S/C17H28N4/c1-20-13-6-7-14(20)9-12(8-13)10-18-16-4-3-5-17-15(16)11-19-21(17)2/h11-14,16,18H,3-10H2,1-2H3. The van der Waals surface area contributed by atoms with Gasteiger partial charge < -0.3 is 10.2 Å². The van der Waals surface area contributed by atoms with Gasteiger partial charge in [0.05, 0.1) is 6.20 Å². The summed E-state index contributed by atoms with van der Waals surface area (Å²) in [6.45, 7) is 1.19. The van der Waals surface area contributed by atoms with Crippen LogP contribution in [0.1, 0.15) is 55.8 Å². The van der Waals surface area contributed by atoms with Crippen molar-refractivity contribution in [3.05, 3.63) is 17.5 Å². The van der Waals surface area contributed by atoms with Gasteiger partial charge in [0.25, 0.3) is 0 Å². The van der Waals surface area contributed by atoms with Gasteiger partial charge in [-0.1, -0.05) is 0 Å². The second-order valence-corrected chi connectivity index (χ2v) is 7.41. The van der Waals surface area contributed by atoms with Crippen LogP contribution in [0.15, 0.2) is 6.20 Å². The van der Waals surface area contributed by atoms with Crippen LogP contribution in [-0.4, -0.2) is 40.4 Å². The lowest BCUT2D eigenvalue weighted by Crippen LogP contribution is -2.43. The monoisotopic (exact) mass is 288 g/mol. The van der Waals surface area contributed by atoms with Crippen molar-refractivity contribution in [2.45, 2.75) is 63.1 Å². The third-order valence-corrected chi connectivity index (χ3v) is 6.22. The van der Waals surface area contributed by atoms with Gasteiger partial charge in [-0.3, -0.25) is 4.68 Å². The molecule has 0 aromatic carbocycles. The van der Waals surface area contributed by atoms with Crippen molar-refractivity contribution >= 4 is 0 Å². The molecular weight excluding hydrogens is 260 g/mol. The van der Waals surface area contributed by atoms with Crippen LogP contribution in [0.25, 0.3) is 0 Å². The highest BCUT2D eigenvalue weighted by Crippen LogP contribution is 2.37. The van der Waals surface area contributed by atoms with Gasteiger partial charge in [-0.2, -0.15) is 5.10 Å². The van der Waals surface area contributed by atoms with E-state index in [0.717, 1.165) is 18.0 Å². The highest BCUT2D eigenvalue weighted by atomic mass is 15.3. The quantitative estimate of drug-likeness (QED) is 0.926. The van der Waals surface area contributed by atoms with E-state index in [2.05, 4.69) is 40.3 Å². The van der Waals surface area contributed by atoms with Gasteiger partial charge in [0.2, 0.25) is 0 Å². The van der Waals surface area contributed by atoms with Crippen molar-refractivity contribution in [2.75, 3.05) is 13.6 Å². The lowest BCUT2D eigenvalue weighted by molar-refractivity contribution is 0.130. The van der Waals surface area contributed by atoms with E-state index in [4.69, 9.17) is 0 Å². The largest absolute Gasteiger partial charge is 0.310 e. The van der Waals surface area contributed by atoms with E-state index in [1.807, 2.05) is 0 Å².